The number of aryl methyl sites for hydroxylation is 2. The van der Waals surface area contributed by atoms with Gasteiger partial charge in [0.05, 0.1) is 11.6 Å². The van der Waals surface area contributed by atoms with Crippen molar-refractivity contribution in [3.8, 4) is 11.5 Å². The van der Waals surface area contributed by atoms with Gasteiger partial charge < -0.3 is 24.6 Å². The monoisotopic (exact) mass is 505 g/mol. The van der Waals surface area contributed by atoms with Crippen molar-refractivity contribution < 1.29 is 14.3 Å². The van der Waals surface area contributed by atoms with Crippen molar-refractivity contribution in [2.45, 2.75) is 13.8 Å². The summed E-state index contributed by atoms with van der Waals surface area (Å²) in [5.41, 5.74) is 3.72. The van der Waals surface area contributed by atoms with Crippen LogP contribution in [0.4, 0.5) is 5.69 Å². The lowest BCUT2D eigenvalue weighted by atomic mass is 10.1. The largest absolute Gasteiger partial charge is 0.493 e. The highest BCUT2D eigenvalue weighted by molar-refractivity contribution is 9.10. The maximum Gasteiger partial charge on any atom is 0.262 e. The van der Waals surface area contributed by atoms with Crippen LogP contribution in [0.3, 0.4) is 0 Å². The molecule has 0 radical (unpaired) electrons. The number of para-hydroxylation sites is 1. The highest BCUT2D eigenvalue weighted by atomic mass is 79.9. The molecular formula is C23H28BrN3O3S. The number of carbonyl (C=O) groups is 1. The van der Waals surface area contributed by atoms with Gasteiger partial charge in [0.15, 0.2) is 18.1 Å². The molecule has 0 unspecified atom stereocenters. The Hall–Kier alpha value is -2.16. The number of piperazine rings is 1. The SMILES string of the molecule is COc1cc(C(=S)N2CCN(C)CC2)cc(Br)c1OCC(=O)Nc1c(C)cccc1C. The molecule has 0 aromatic heterocycles. The number of benzene rings is 2. The zero-order valence-corrected chi connectivity index (χ0v) is 20.7. The summed E-state index contributed by atoms with van der Waals surface area (Å²) in [6.45, 7) is 7.55. The smallest absolute Gasteiger partial charge is 0.262 e. The summed E-state index contributed by atoms with van der Waals surface area (Å²) in [6.07, 6.45) is 0. The third kappa shape index (κ3) is 5.75. The number of thiocarbonyl (C=S) groups is 1. The first-order valence-electron chi connectivity index (χ1n) is 10.1. The molecule has 1 amide bonds. The van der Waals surface area contributed by atoms with Crippen LogP contribution in [0.2, 0.25) is 0 Å². The maximum atomic E-state index is 12.5. The van der Waals surface area contributed by atoms with E-state index in [1.807, 2.05) is 44.2 Å². The number of amides is 1. The van der Waals surface area contributed by atoms with Crippen molar-refractivity contribution in [3.05, 3.63) is 51.5 Å². The van der Waals surface area contributed by atoms with E-state index in [0.717, 1.165) is 53.5 Å². The molecule has 6 nitrogen and oxygen atoms in total. The van der Waals surface area contributed by atoms with E-state index < -0.39 is 0 Å². The second-order valence-corrected chi connectivity index (χ2v) is 8.93. The van der Waals surface area contributed by atoms with Gasteiger partial charge in [-0.05, 0) is 60.1 Å². The van der Waals surface area contributed by atoms with Crippen LogP contribution in [-0.2, 0) is 4.79 Å². The van der Waals surface area contributed by atoms with E-state index in [2.05, 4.69) is 38.1 Å². The number of hydrogen-bond acceptors (Lipinski definition) is 5. The van der Waals surface area contributed by atoms with E-state index in [0.29, 0.717) is 16.0 Å². The number of likely N-dealkylation sites (N-methyl/N-ethyl adjacent to an activating group) is 1. The van der Waals surface area contributed by atoms with Crippen molar-refractivity contribution in [1.29, 1.82) is 0 Å². The number of carbonyl (C=O) groups excluding carboxylic acids is 1. The quantitative estimate of drug-likeness (QED) is 0.598. The summed E-state index contributed by atoms with van der Waals surface area (Å²) in [5, 5.41) is 2.93. The minimum absolute atomic E-state index is 0.134. The van der Waals surface area contributed by atoms with Gasteiger partial charge in [0.1, 0.15) is 4.99 Å². The van der Waals surface area contributed by atoms with E-state index in [4.69, 9.17) is 21.7 Å². The number of nitrogens with zero attached hydrogens (tertiary/aromatic N) is 2. The molecule has 0 saturated carbocycles. The van der Waals surface area contributed by atoms with Gasteiger partial charge in [0.2, 0.25) is 0 Å². The fourth-order valence-corrected chi connectivity index (χ4v) is 4.36. The van der Waals surface area contributed by atoms with Gasteiger partial charge in [-0.3, -0.25) is 4.79 Å². The van der Waals surface area contributed by atoms with Crippen molar-refractivity contribution >= 4 is 44.7 Å². The van der Waals surface area contributed by atoms with Crippen molar-refractivity contribution in [3.63, 3.8) is 0 Å². The predicted octanol–water partition coefficient (Wildman–Crippen LogP) is 4.01. The molecule has 2 aromatic rings. The third-order valence-corrected chi connectivity index (χ3v) is 6.44. The molecule has 0 bridgehead atoms. The molecule has 1 aliphatic rings. The van der Waals surface area contributed by atoms with Crippen LogP contribution in [0.25, 0.3) is 0 Å². The molecule has 1 aliphatic heterocycles. The van der Waals surface area contributed by atoms with Gasteiger partial charge in [-0.2, -0.15) is 0 Å². The molecule has 1 heterocycles. The van der Waals surface area contributed by atoms with Crippen molar-refractivity contribution in [1.82, 2.24) is 9.80 Å². The fraction of sp³-hybridized carbons (Fsp3) is 0.391. The van der Waals surface area contributed by atoms with Crippen molar-refractivity contribution in [2.75, 3.05) is 52.3 Å². The second-order valence-electron chi connectivity index (χ2n) is 7.69. The summed E-state index contributed by atoms with van der Waals surface area (Å²) >= 11 is 9.28. The zero-order chi connectivity index (χ0) is 22.5. The Morgan fingerprint density at radius 3 is 2.42 bits per heavy atom. The van der Waals surface area contributed by atoms with Crippen LogP contribution in [0.15, 0.2) is 34.8 Å². The molecule has 2 aromatic carbocycles. The van der Waals surface area contributed by atoms with Crippen LogP contribution >= 0.6 is 28.1 Å². The van der Waals surface area contributed by atoms with E-state index in [1.165, 1.54) is 0 Å². The van der Waals surface area contributed by atoms with Gasteiger partial charge in [-0.1, -0.05) is 30.4 Å². The molecule has 1 N–H and O–H groups in total. The highest BCUT2D eigenvalue weighted by Crippen LogP contribution is 2.37. The number of rotatable bonds is 6. The summed E-state index contributed by atoms with van der Waals surface area (Å²) in [7, 11) is 3.69. The number of anilines is 1. The molecule has 31 heavy (non-hydrogen) atoms. The Morgan fingerprint density at radius 2 is 1.81 bits per heavy atom. The minimum atomic E-state index is -0.233. The number of methoxy groups -OCH3 is 1. The topological polar surface area (TPSA) is 54.0 Å². The van der Waals surface area contributed by atoms with Gasteiger partial charge in [0.25, 0.3) is 5.91 Å². The van der Waals surface area contributed by atoms with Crippen LogP contribution in [0.1, 0.15) is 16.7 Å². The first-order chi connectivity index (χ1) is 14.8. The van der Waals surface area contributed by atoms with E-state index in [1.54, 1.807) is 7.11 Å². The minimum Gasteiger partial charge on any atom is -0.493 e. The van der Waals surface area contributed by atoms with Gasteiger partial charge in [0, 0.05) is 37.4 Å². The van der Waals surface area contributed by atoms with Crippen LogP contribution in [0, 0.1) is 13.8 Å². The Balaban J connectivity index is 1.70. The first-order valence-corrected chi connectivity index (χ1v) is 11.3. The van der Waals surface area contributed by atoms with E-state index >= 15 is 0 Å². The highest BCUT2D eigenvalue weighted by Gasteiger charge is 2.21. The standard InChI is InChI=1S/C23H28BrN3O3S/c1-15-6-5-7-16(2)21(15)25-20(28)14-30-22-18(24)12-17(13-19(22)29-4)23(31)27-10-8-26(3)9-11-27/h5-7,12-13H,8-11,14H2,1-4H3,(H,25,28). The summed E-state index contributed by atoms with van der Waals surface area (Å²) < 4.78 is 12.0. The molecule has 0 atom stereocenters. The molecule has 8 heteroatoms. The fourth-order valence-electron chi connectivity index (χ4n) is 3.50. The lowest BCUT2D eigenvalue weighted by molar-refractivity contribution is -0.118. The van der Waals surface area contributed by atoms with Gasteiger partial charge >= 0.3 is 0 Å². The molecule has 3 rings (SSSR count). The van der Waals surface area contributed by atoms with Crippen LogP contribution < -0.4 is 14.8 Å². The molecule has 1 fully saturated rings. The summed E-state index contributed by atoms with van der Waals surface area (Å²) in [4.78, 5) is 17.8. The van der Waals surface area contributed by atoms with Crippen molar-refractivity contribution in [2.24, 2.45) is 0 Å². The maximum absolute atomic E-state index is 12.5. The summed E-state index contributed by atoms with van der Waals surface area (Å²) in [5.74, 6) is 0.771. The molecule has 1 saturated heterocycles. The van der Waals surface area contributed by atoms with E-state index in [9.17, 15) is 4.79 Å². The number of halogens is 1. The number of hydrogen-bond donors (Lipinski definition) is 1. The molecule has 0 spiro atoms. The predicted molar refractivity (Wildman–Crippen MR) is 132 cm³/mol. The zero-order valence-electron chi connectivity index (χ0n) is 18.3. The Labute approximate surface area is 197 Å². The van der Waals surface area contributed by atoms with E-state index in [-0.39, 0.29) is 12.5 Å². The lowest BCUT2D eigenvalue weighted by Crippen LogP contribution is -2.46. The van der Waals surface area contributed by atoms with Gasteiger partial charge in [-0.25, -0.2) is 0 Å². The normalized spacial score (nSPS) is 14.3. The number of nitrogens with one attached hydrogen (secondary N) is 1. The Kier molecular flexibility index (Phi) is 7.91. The van der Waals surface area contributed by atoms with Crippen LogP contribution in [-0.4, -0.2) is 67.6 Å². The molecular weight excluding hydrogens is 478 g/mol. The average molecular weight is 506 g/mol. The Bertz CT molecular complexity index is 955. The number of ether oxygens (including phenoxy) is 2. The third-order valence-electron chi connectivity index (χ3n) is 5.36. The molecule has 166 valence electrons. The second kappa shape index (κ2) is 10.4. The van der Waals surface area contributed by atoms with Gasteiger partial charge in [-0.15, -0.1) is 0 Å². The van der Waals surface area contributed by atoms with Crippen LogP contribution in [0.5, 0.6) is 11.5 Å². The Morgan fingerprint density at radius 1 is 1.16 bits per heavy atom. The average Bonchev–Trinajstić information content (AvgIpc) is 2.75. The first kappa shape index (κ1) is 23.5. The molecule has 0 aliphatic carbocycles. The summed E-state index contributed by atoms with van der Waals surface area (Å²) in [6, 6.07) is 9.68. The lowest BCUT2D eigenvalue weighted by Gasteiger charge is -2.34.